The minimum absolute atomic E-state index is 0.162. The number of halogens is 1. The molecular formula is C12H15ClO3S. The second kappa shape index (κ2) is 4.78. The lowest BCUT2D eigenvalue weighted by atomic mass is 10.1. The van der Waals surface area contributed by atoms with Crippen LogP contribution in [0.15, 0.2) is 24.3 Å². The van der Waals surface area contributed by atoms with Crippen molar-refractivity contribution in [2.24, 2.45) is 0 Å². The van der Waals surface area contributed by atoms with E-state index in [4.69, 9.17) is 11.6 Å². The van der Waals surface area contributed by atoms with Gasteiger partial charge < -0.3 is 0 Å². The zero-order chi connectivity index (χ0) is 13.3. The Labute approximate surface area is 107 Å². The Balaban J connectivity index is 3.23. The Kier molecular flexibility index (Phi) is 3.99. The van der Waals surface area contributed by atoms with Crippen LogP contribution in [0.2, 0.25) is 0 Å². The molecule has 0 radical (unpaired) electrons. The van der Waals surface area contributed by atoms with Gasteiger partial charge in [0.05, 0.1) is 0 Å². The lowest BCUT2D eigenvalue weighted by Gasteiger charge is -2.20. The quantitative estimate of drug-likeness (QED) is 0.626. The molecule has 0 aliphatic carbocycles. The summed E-state index contributed by atoms with van der Waals surface area (Å²) in [7, 11) is -3.64. The molecule has 0 saturated heterocycles. The van der Waals surface area contributed by atoms with Crippen LogP contribution >= 0.6 is 11.6 Å². The largest absolute Gasteiger partial charge is 0.291 e. The fourth-order valence-corrected chi connectivity index (χ4v) is 2.84. The van der Waals surface area contributed by atoms with E-state index in [0.717, 1.165) is 5.56 Å². The number of sulfone groups is 1. The molecule has 0 spiro atoms. The molecular weight excluding hydrogens is 260 g/mol. The first-order chi connectivity index (χ1) is 7.72. The van der Waals surface area contributed by atoms with Crippen LogP contribution in [0, 0.1) is 6.92 Å². The van der Waals surface area contributed by atoms with Gasteiger partial charge in [0.25, 0.3) is 0 Å². The van der Waals surface area contributed by atoms with E-state index in [-0.39, 0.29) is 5.75 Å². The lowest BCUT2D eigenvalue weighted by Crippen LogP contribution is -2.39. The molecule has 0 bridgehead atoms. The van der Waals surface area contributed by atoms with Crippen molar-refractivity contribution in [2.75, 3.05) is 5.75 Å². The highest BCUT2D eigenvalue weighted by molar-refractivity contribution is 7.95. The van der Waals surface area contributed by atoms with Gasteiger partial charge in [0.1, 0.15) is 0 Å². The molecule has 3 nitrogen and oxygen atoms in total. The molecule has 0 aliphatic rings. The average Bonchev–Trinajstić information content (AvgIpc) is 2.27. The van der Waals surface area contributed by atoms with Crippen molar-refractivity contribution >= 4 is 27.2 Å². The molecule has 1 aromatic carbocycles. The van der Waals surface area contributed by atoms with Gasteiger partial charge in [-0.05, 0) is 19.9 Å². The molecule has 94 valence electrons. The van der Waals surface area contributed by atoms with Gasteiger partial charge in [-0.25, -0.2) is 8.42 Å². The van der Waals surface area contributed by atoms with Crippen LogP contribution in [0.25, 0.3) is 0 Å². The van der Waals surface area contributed by atoms with Crippen molar-refractivity contribution < 1.29 is 13.2 Å². The number of hydrogen-bond acceptors (Lipinski definition) is 3. The number of hydrogen-bond donors (Lipinski definition) is 0. The van der Waals surface area contributed by atoms with E-state index in [1.165, 1.54) is 13.8 Å². The Morgan fingerprint density at radius 1 is 1.41 bits per heavy atom. The third-order valence-corrected chi connectivity index (χ3v) is 5.64. The minimum atomic E-state index is -3.64. The molecule has 17 heavy (non-hydrogen) atoms. The Morgan fingerprint density at radius 3 is 2.47 bits per heavy atom. The summed E-state index contributed by atoms with van der Waals surface area (Å²) in [4.78, 5) is 12.1. The van der Waals surface area contributed by atoms with Gasteiger partial charge in [0.2, 0.25) is 4.21 Å². The van der Waals surface area contributed by atoms with Crippen LogP contribution in [-0.2, 0) is 9.84 Å². The van der Waals surface area contributed by atoms with E-state index in [1.807, 2.05) is 13.0 Å². The van der Waals surface area contributed by atoms with Gasteiger partial charge in [-0.15, -0.1) is 0 Å². The Hall–Kier alpha value is -0.870. The summed E-state index contributed by atoms with van der Waals surface area (Å²) in [6.07, 6.45) is 0. The van der Waals surface area contributed by atoms with E-state index in [1.54, 1.807) is 18.2 Å². The summed E-state index contributed by atoms with van der Waals surface area (Å²) >= 11 is 5.93. The predicted molar refractivity (Wildman–Crippen MR) is 69.2 cm³/mol. The van der Waals surface area contributed by atoms with E-state index in [9.17, 15) is 13.2 Å². The number of alkyl halides is 1. The molecule has 5 heteroatoms. The summed E-state index contributed by atoms with van der Waals surface area (Å²) in [5, 5.41) is 0. The number of ketones is 1. The SMILES string of the molecule is CCS(=O)(=O)[C@@](C)(Cl)C(=O)c1cccc(C)c1. The van der Waals surface area contributed by atoms with Gasteiger partial charge in [-0.3, -0.25) is 4.79 Å². The van der Waals surface area contributed by atoms with E-state index < -0.39 is 19.8 Å². The molecule has 1 atom stereocenters. The molecule has 0 amide bonds. The van der Waals surface area contributed by atoms with Crippen LogP contribution in [0.5, 0.6) is 0 Å². The van der Waals surface area contributed by atoms with Crippen LogP contribution in [-0.4, -0.2) is 24.2 Å². The molecule has 0 saturated carbocycles. The molecule has 1 aromatic rings. The van der Waals surface area contributed by atoms with Crippen LogP contribution in [0.4, 0.5) is 0 Å². The number of aryl methyl sites for hydroxylation is 1. The first kappa shape index (κ1) is 14.2. The maximum Gasteiger partial charge on any atom is 0.205 e. The summed E-state index contributed by atoms with van der Waals surface area (Å²) in [6.45, 7) is 4.54. The zero-order valence-electron chi connectivity index (χ0n) is 10.0. The molecule has 0 unspecified atom stereocenters. The smallest absolute Gasteiger partial charge is 0.205 e. The van der Waals surface area contributed by atoms with Gasteiger partial charge >= 0.3 is 0 Å². The van der Waals surface area contributed by atoms with Gasteiger partial charge in [-0.1, -0.05) is 42.3 Å². The highest BCUT2D eigenvalue weighted by Gasteiger charge is 2.43. The number of Topliss-reactive ketones (excluding diaryl/α,β-unsaturated/α-hetero) is 1. The summed E-state index contributed by atoms with van der Waals surface area (Å²) in [5.74, 6) is -0.741. The Morgan fingerprint density at radius 2 is 2.00 bits per heavy atom. The van der Waals surface area contributed by atoms with Crippen molar-refractivity contribution in [1.82, 2.24) is 0 Å². The first-order valence-corrected chi connectivity index (χ1v) is 7.28. The summed E-state index contributed by atoms with van der Waals surface area (Å²) < 4.78 is 21.6. The molecule has 0 aromatic heterocycles. The number of benzene rings is 1. The van der Waals surface area contributed by atoms with Crippen molar-refractivity contribution in [2.45, 2.75) is 25.0 Å². The normalized spacial score (nSPS) is 15.3. The van der Waals surface area contributed by atoms with E-state index >= 15 is 0 Å². The van der Waals surface area contributed by atoms with Crippen LogP contribution < -0.4 is 0 Å². The highest BCUT2D eigenvalue weighted by Crippen LogP contribution is 2.28. The fraction of sp³-hybridized carbons (Fsp3) is 0.417. The lowest BCUT2D eigenvalue weighted by molar-refractivity contribution is 0.0978. The van der Waals surface area contributed by atoms with E-state index in [0.29, 0.717) is 5.56 Å². The minimum Gasteiger partial charge on any atom is -0.291 e. The second-order valence-corrected chi connectivity index (χ2v) is 7.62. The van der Waals surface area contributed by atoms with Crippen molar-refractivity contribution in [1.29, 1.82) is 0 Å². The monoisotopic (exact) mass is 274 g/mol. The topological polar surface area (TPSA) is 51.2 Å². The van der Waals surface area contributed by atoms with E-state index in [2.05, 4.69) is 0 Å². The molecule has 1 rings (SSSR count). The van der Waals surface area contributed by atoms with Crippen LogP contribution in [0.1, 0.15) is 29.8 Å². The first-order valence-electron chi connectivity index (χ1n) is 5.25. The summed E-state index contributed by atoms with van der Waals surface area (Å²) in [5.41, 5.74) is 1.21. The van der Waals surface area contributed by atoms with Crippen molar-refractivity contribution in [3.63, 3.8) is 0 Å². The molecule has 0 heterocycles. The fourth-order valence-electron chi connectivity index (χ4n) is 1.46. The molecule has 0 aliphatic heterocycles. The maximum atomic E-state index is 12.1. The maximum absolute atomic E-state index is 12.1. The molecule has 0 fully saturated rings. The second-order valence-electron chi connectivity index (χ2n) is 4.02. The van der Waals surface area contributed by atoms with Crippen molar-refractivity contribution in [3.8, 4) is 0 Å². The standard InChI is InChI=1S/C12H15ClO3S/c1-4-17(15,16)12(3,13)11(14)10-7-5-6-9(2)8-10/h5-8H,4H2,1-3H3/t12-/m1/s1. The van der Waals surface area contributed by atoms with Gasteiger partial charge in [0, 0.05) is 11.3 Å². The third-order valence-electron chi connectivity index (χ3n) is 2.65. The zero-order valence-corrected chi connectivity index (χ0v) is 11.6. The third kappa shape index (κ3) is 2.69. The Bertz CT molecular complexity index is 532. The number of rotatable bonds is 4. The summed E-state index contributed by atoms with van der Waals surface area (Å²) in [6, 6.07) is 6.74. The van der Waals surface area contributed by atoms with Crippen molar-refractivity contribution in [3.05, 3.63) is 35.4 Å². The predicted octanol–water partition coefficient (Wildman–Crippen LogP) is 2.57. The molecule has 0 N–H and O–H groups in total. The van der Waals surface area contributed by atoms with Gasteiger partial charge in [0.15, 0.2) is 15.6 Å². The van der Waals surface area contributed by atoms with Gasteiger partial charge in [-0.2, -0.15) is 0 Å². The number of carbonyl (C=O) groups excluding carboxylic acids is 1. The van der Waals surface area contributed by atoms with Crippen LogP contribution in [0.3, 0.4) is 0 Å². The highest BCUT2D eigenvalue weighted by atomic mass is 35.5. The average molecular weight is 275 g/mol. The number of carbonyl (C=O) groups is 1.